The number of carbonyl (C=O) groups excluding carboxylic acids is 1. The lowest BCUT2D eigenvalue weighted by Gasteiger charge is -2.21. The van der Waals surface area contributed by atoms with E-state index in [4.69, 9.17) is 4.74 Å². The quantitative estimate of drug-likeness (QED) is 0.788. The molecule has 0 bridgehead atoms. The SMILES string of the molecule is COC(=O)Cc1cccc(C2CC[NH2+]CC2)c1. The molecule has 1 heterocycles. The number of methoxy groups -OCH3 is 1. The molecule has 0 radical (unpaired) electrons. The van der Waals surface area contributed by atoms with Crippen LogP contribution in [0.4, 0.5) is 0 Å². The number of hydrogen-bond acceptors (Lipinski definition) is 2. The summed E-state index contributed by atoms with van der Waals surface area (Å²) in [6, 6.07) is 8.38. The molecule has 2 rings (SSSR count). The molecule has 92 valence electrons. The molecular weight excluding hydrogens is 214 g/mol. The number of ether oxygens (including phenoxy) is 1. The second-order valence-electron chi connectivity index (χ2n) is 4.64. The number of nitrogens with two attached hydrogens (primary N) is 1. The Morgan fingerprint density at radius 1 is 1.41 bits per heavy atom. The number of piperidine rings is 1. The highest BCUT2D eigenvalue weighted by molar-refractivity contribution is 5.72. The van der Waals surface area contributed by atoms with Crippen LogP contribution in [-0.4, -0.2) is 26.2 Å². The van der Waals surface area contributed by atoms with Crippen molar-refractivity contribution in [3.8, 4) is 0 Å². The Balaban J connectivity index is 2.07. The molecule has 2 N–H and O–H groups in total. The van der Waals surface area contributed by atoms with Crippen LogP contribution in [-0.2, 0) is 16.0 Å². The molecular formula is C14H20NO2+. The zero-order valence-corrected chi connectivity index (χ0v) is 10.3. The molecule has 17 heavy (non-hydrogen) atoms. The van der Waals surface area contributed by atoms with Crippen molar-refractivity contribution in [1.29, 1.82) is 0 Å². The van der Waals surface area contributed by atoms with Crippen LogP contribution in [0.15, 0.2) is 24.3 Å². The van der Waals surface area contributed by atoms with E-state index in [0.717, 1.165) is 5.56 Å². The third kappa shape index (κ3) is 3.30. The minimum atomic E-state index is -0.167. The Kier molecular flexibility index (Phi) is 4.15. The molecule has 1 aliphatic rings. The van der Waals surface area contributed by atoms with E-state index in [1.54, 1.807) is 0 Å². The maximum atomic E-state index is 11.2. The summed E-state index contributed by atoms with van der Waals surface area (Å²) >= 11 is 0. The molecule has 1 saturated heterocycles. The predicted octanol–water partition coefficient (Wildman–Crippen LogP) is 0.843. The number of carbonyl (C=O) groups is 1. The van der Waals surface area contributed by atoms with E-state index in [-0.39, 0.29) is 5.97 Å². The summed E-state index contributed by atoms with van der Waals surface area (Å²) in [6.07, 6.45) is 2.85. The summed E-state index contributed by atoms with van der Waals surface area (Å²) in [5.41, 5.74) is 2.43. The molecule has 0 aliphatic carbocycles. The summed E-state index contributed by atoms with van der Waals surface area (Å²) < 4.78 is 4.70. The fourth-order valence-electron chi connectivity index (χ4n) is 2.46. The molecule has 1 fully saturated rings. The molecule has 0 saturated carbocycles. The highest BCUT2D eigenvalue weighted by Crippen LogP contribution is 2.24. The molecule has 3 nitrogen and oxygen atoms in total. The monoisotopic (exact) mass is 234 g/mol. The van der Waals surface area contributed by atoms with Crippen molar-refractivity contribution in [3.05, 3.63) is 35.4 Å². The van der Waals surface area contributed by atoms with Crippen molar-refractivity contribution in [2.24, 2.45) is 0 Å². The minimum absolute atomic E-state index is 0.167. The highest BCUT2D eigenvalue weighted by atomic mass is 16.5. The first-order valence-corrected chi connectivity index (χ1v) is 6.27. The van der Waals surface area contributed by atoms with Gasteiger partial charge in [0.15, 0.2) is 0 Å². The first kappa shape index (κ1) is 12.1. The highest BCUT2D eigenvalue weighted by Gasteiger charge is 2.17. The molecule has 3 heteroatoms. The number of hydrogen-bond donors (Lipinski definition) is 1. The first-order chi connectivity index (χ1) is 8.29. The van der Waals surface area contributed by atoms with Crippen molar-refractivity contribution in [1.82, 2.24) is 0 Å². The van der Waals surface area contributed by atoms with Crippen molar-refractivity contribution in [3.63, 3.8) is 0 Å². The van der Waals surface area contributed by atoms with Crippen LogP contribution in [0.3, 0.4) is 0 Å². The average molecular weight is 234 g/mol. The van der Waals surface area contributed by atoms with E-state index in [9.17, 15) is 4.79 Å². The minimum Gasteiger partial charge on any atom is -0.469 e. The van der Waals surface area contributed by atoms with Gasteiger partial charge in [0, 0.05) is 12.8 Å². The van der Waals surface area contributed by atoms with E-state index in [1.807, 2.05) is 12.1 Å². The summed E-state index contributed by atoms with van der Waals surface area (Å²) in [6.45, 7) is 2.43. The largest absolute Gasteiger partial charge is 0.469 e. The fraction of sp³-hybridized carbons (Fsp3) is 0.500. The first-order valence-electron chi connectivity index (χ1n) is 6.27. The van der Waals surface area contributed by atoms with Crippen molar-refractivity contribution < 1.29 is 14.8 Å². The molecule has 1 aromatic rings. The van der Waals surface area contributed by atoms with Gasteiger partial charge in [0.05, 0.1) is 26.6 Å². The molecule has 1 aromatic carbocycles. The molecule has 1 aliphatic heterocycles. The lowest BCUT2D eigenvalue weighted by atomic mass is 9.89. The molecule has 0 unspecified atom stereocenters. The average Bonchev–Trinajstić information content (AvgIpc) is 2.40. The van der Waals surface area contributed by atoms with Gasteiger partial charge in [-0.3, -0.25) is 4.79 Å². The van der Waals surface area contributed by atoms with Crippen molar-refractivity contribution >= 4 is 5.97 Å². The van der Waals surface area contributed by atoms with Gasteiger partial charge in [-0.2, -0.15) is 0 Å². The topological polar surface area (TPSA) is 42.9 Å². The maximum Gasteiger partial charge on any atom is 0.309 e. The second-order valence-corrected chi connectivity index (χ2v) is 4.64. The molecule has 0 aromatic heterocycles. The summed E-state index contributed by atoms with van der Waals surface area (Å²) in [5.74, 6) is 0.497. The van der Waals surface area contributed by atoms with Crippen molar-refractivity contribution in [2.75, 3.05) is 20.2 Å². The van der Waals surface area contributed by atoms with Crippen LogP contribution in [0.5, 0.6) is 0 Å². The van der Waals surface area contributed by atoms with E-state index >= 15 is 0 Å². The van der Waals surface area contributed by atoms with E-state index in [2.05, 4.69) is 17.4 Å². The van der Waals surface area contributed by atoms with Crippen LogP contribution in [0.25, 0.3) is 0 Å². The third-order valence-corrected chi connectivity index (χ3v) is 3.44. The fourth-order valence-corrected chi connectivity index (χ4v) is 2.46. The van der Waals surface area contributed by atoms with Crippen molar-refractivity contribution in [2.45, 2.75) is 25.2 Å². The number of esters is 1. The number of rotatable bonds is 3. The van der Waals surface area contributed by atoms with Gasteiger partial charge in [0.1, 0.15) is 0 Å². The molecule has 0 atom stereocenters. The van der Waals surface area contributed by atoms with Gasteiger partial charge >= 0.3 is 5.97 Å². The van der Waals surface area contributed by atoms with Gasteiger partial charge in [0.25, 0.3) is 0 Å². The van der Waals surface area contributed by atoms with Gasteiger partial charge in [-0.05, 0) is 17.0 Å². The molecule has 0 amide bonds. The van der Waals surface area contributed by atoms with Crippen LogP contribution >= 0.6 is 0 Å². The van der Waals surface area contributed by atoms with Gasteiger partial charge in [0.2, 0.25) is 0 Å². The van der Waals surface area contributed by atoms with Gasteiger partial charge in [-0.25, -0.2) is 0 Å². The standard InChI is InChI=1S/C14H19NO2/c1-17-14(16)10-11-3-2-4-13(9-11)12-5-7-15-8-6-12/h2-4,9,12,15H,5-8,10H2,1H3/p+1. The summed E-state index contributed by atoms with van der Waals surface area (Å²) in [5, 5.41) is 2.37. The molecule has 0 spiro atoms. The van der Waals surface area contributed by atoms with Gasteiger partial charge < -0.3 is 10.1 Å². The lowest BCUT2D eigenvalue weighted by molar-refractivity contribution is -0.663. The van der Waals surface area contributed by atoms with Crippen LogP contribution in [0, 0.1) is 0 Å². The van der Waals surface area contributed by atoms with E-state index in [0.29, 0.717) is 12.3 Å². The van der Waals surface area contributed by atoms with Crippen LogP contribution < -0.4 is 5.32 Å². The van der Waals surface area contributed by atoms with E-state index in [1.165, 1.54) is 38.6 Å². The number of quaternary nitrogens is 1. The third-order valence-electron chi connectivity index (χ3n) is 3.44. The Morgan fingerprint density at radius 3 is 2.88 bits per heavy atom. The predicted molar refractivity (Wildman–Crippen MR) is 65.8 cm³/mol. The van der Waals surface area contributed by atoms with E-state index < -0.39 is 0 Å². The van der Waals surface area contributed by atoms with Gasteiger partial charge in [-0.15, -0.1) is 0 Å². The van der Waals surface area contributed by atoms with Crippen LogP contribution in [0.1, 0.15) is 29.9 Å². The maximum absolute atomic E-state index is 11.2. The zero-order chi connectivity index (χ0) is 12.1. The Labute approximate surface area is 102 Å². The smallest absolute Gasteiger partial charge is 0.309 e. The Hall–Kier alpha value is -1.35. The lowest BCUT2D eigenvalue weighted by Crippen LogP contribution is -2.86. The summed E-state index contributed by atoms with van der Waals surface area (Å²) in [4.78, 5) is 11.2. The Morgan fingerprint density at radius 2 is 2.18 bits per heavy atom. The van der Waals surface area contributed by atoms with Gasteiger partial charge in [-0.1, -0.05) is 24.3 Å². The Bertz CT molecular complexity index is 384. The van der Waals surface area contributed by atoms with Crippen LogP contribution in [0.2, 0.25) is 0 Å². The summed E-state index contributed by atoms with van der Waals surface area (Å²) in [7, 11) is 1.43. The zero-order valence-electron chi connectivity index (χ0n) is 10.3. The normalized spacial score (nSPS) is 16.8. The number of benzene rings is 1. The second kappa shape index (κ2) is 5.82.